The van der Waals surface area contributed by atoms with Gasteiger partial charge in [0.15, 0.2) is 0 Å². The first-order chi connectivity index (χ1) is 16.9. The first-order valence-electron chi connectivity index (χ1n) is 12.0. The first kappa shape index (κ1) is 23.5. The number of pyridine rings is 1. The highest BCUT2D eigenvalue weighted by molar-refractivity contribution is 6.04. The molecule has 1 aliphatic carbocycles. The molecule has 4 aromatic rings. The molecule has 0 bridgehead atoms. The molecule has 0 saturated heterocycles. The molecule has 1 fully saturated rings. The van der Waals surface area contributed by atoms with Crippen LogP contribution in [0.5, 0.6) is 5.75 Å². The number of halogens is 1. The van der Waals surface area contributed by atoms with Crippen molar-refractivity contribution in [3.05, 3.63) is 58.9 Å². The summed E-state index contributed by atoms with van der Waals surface area (Å²) in [6, 6.07) is 10.8. The van der Waals surface area contributed by atoms with Gasteiger partial charge in [0.05, 0.1) is 35.5 Å². The number of methoxy groups -OCH3 is 1. The summed E-state index contributed by atoms with van der Waals surface area (Å²) in [4.78, 5) is 19.7. The molecule has 5 rings (SSSR count). The van der Waals surface area contributed by atoms with E-state index < -0.39 is 0 Å². The molecule has 0 amide bonds. The smallest absolute Gasteiger partial charge is 0.329 e. The minimum Gasteiger partial charge on any atom is -0.494 e. The van der Waals surface area contributed by atoms with Crippen molar-refractivity contribution < 1.29 is 13.9 Å². The number of benzene rings is 2. The number of aromatic nitrogens is 3. The summed E-state index contributed by atoms with van der Waals surface area (Å²) in [5.74, 6) is 0.407. The van der Waals surface area contributed by atoms with Crippen molar-refractivity contribution in [1.29, 1.82) is 0 Å². The zero-order valence-corrected chi connectivity index (χ0v) is 20.6. The SMILES string of the molecule is COC1CC(n2c(=O)n(C)c3cnc4cc(F)c(-c5ccc(OCCCN(C)C)cc5)cc4c32)C1. The summed E-state index contributed by atoms with van der Waals surface area (Å²) in [6.07, 6.45) is 4.31. The molecular formula is C27H31FN4O3. The Labute approximate surface area is 203 Å². The maximum Gasteiger partial charge on any atom is 0.329 e. The lowest BCUT2D eigenvalue weighted by Gasteiger charge is -2.34. The minimum atomic E-state index is -0.350. The fourth-order valence-corrected chi connectivity index (χ4v) is 4.85. The van der Waals surface area contributed by atoms with E-state index in [2.05, 4.69) is 9.88 Å². The fraction of sp³-hybridized carbons (Fsp3) is 0.407. The van der Waals surface area contributed by atoms with E-state index in [-0.39, 0.29) is 23.7 Å². The van der Waals surface area contributed by atoms with E-state index in [1.54, 1.807) is 24.9 Å². The topological polar surface area (TPSA) is 61.5 Å². The lowest BCUT2D eigenvalue weighted by Crippen LogP contribution is -2.37. The quantitative estimate of drug-likeness (QED) is 0.352. The van der Waals surface area contributed by atoms with Crippen LogP contribution in [-0.4, -0.2) is 59.5 Å². The first-order valence-corrected chi connectivity index (χ1v) is 12.0. The largest absolute Gasteiger partial charge is 0.494 e. The number of imidazole rings is 1. The summed E-state index contributed by atoms with van der Waals surface area (Å²) in [6.45, 7) is 1.59. The number of ether oxygens (including phenoxy) is 2. The maximum atomic E-state index is 15.2. The third kappa shape index (κ3) is 4.32. The van der Waals surface area contributed by atoms with Crippen molar-refractivity contribution in [3.63, 3.8) is 0 Å². The van der Waals surface area contributed by atoms with Gasteiger partial charge in [0.25, 0.3) is 0 Å². The van der Waals surface area contributed by atoms with Crippen LogP contribution < -0.4 is 10.4 Å². The number of fused-ring (bicyclic) bond motifs is 3. The lowest BCUT2D eigenvalue weighted by atomic mass is 9.89. The molecule has 0 radical (unpaired) electrons. The summed E-state index contributed by atoms with van der Waals surface area (Å²) in [7, 11) is 7.52. The summed E-state index contributed by atoms with van der Waals surface area (Å²) in [5.41, 5.74) is 3.19. The van der Waals surface area contributed by atoms with Gasteiger partial charge in [0.1, 0.15) is 11.6 Å². The Hall–Kier alpha value is -3.23. The highest BCUT2D eigenvalue weighted by Crippen LogP contribution is 2.38. The highest BCUT2D eigenvalue weighted by Gasteiger charge is 2.33. The van der Waals surface area contributed by atoms with E-state index in [1.807, 2.05) is 49.0 Å². The number of hydrogen-bond donors (Lipinski definition) is 0. The molecule has 7 nitrogen and oxygen atoms in total. The van der Waals surface area contributed by atoms with Crippen LogP contribution in [0.15, 0.2) is 47.4 Å². The van der Waals surface area contributed by atoms with E-state index >= 15 is 4.39 Å². The van der Waals surface area contributed by atoms with Gasteiger partial charge in [0.2, 0.25) is 0 Å². The average Bonchev–Trinajstić information content (AvgIpc) is 3.06. The average molecular weight is 479 g/mol. The molecule has 1 saturated carbocycles. The third-order valence-electron chi connectivity index (χ3n) is 6.96. The van der Waals surface area contributed by atoms with Crippen molar-refractivity contribution in [2.75, 3.05) is 34.4 Å². The number of rotatable bonds is 8. The van der Waals surface area contributed by atoms with E-state index in [9.17, 15) is 4.79 Å². The number of hydrogen-bond acceptors (Lipinski definition) is 5. The van der Waals surface area contributed by atoms with Gasteiger partial charge in [-0.3, -0.25) is 14.1 Å². The Balaban J connectivity index is 1.53. The van der Waals surface area contributed by atoms with Gasteiger partial charge in [-0.15, -0.1) is 0 Å². The van der Waals surface area contributed by atoms with Gasteiger partial charge in [-0.25, -0.2) is 9.18 Å². The van der Waals surface area contributed by atoms with Crippen molar-refractivity contribution in [2.45, 2.75) is 31.4 Å². The minimum absolute atomic E-state index is 0.0548. The summed E-state index contributed by atoms with van der Waals surface area (Å²) >= 11 is 0. The van der Waals surface area contributed by atoms with Gasteiger partial charge in [-0.1, -0.05) is 12.1 Å². The second-order valence-electron chi connectivity index (χ2n) is 9.57. The molecule has 184 valence electrons. The molecule has 0 atom stereocenters. The van der Waals surface area contributed by atoms with Crippen LogP contribution in [0.2, 0.25) is 0 Å². The Morgan fingerprint density at radius 3 is 2.60 bits per heavy atom. The van der Waals surface area contributed by atoms with Crippen molar-refractivity contribution in [1.82, 2.24) is 19.0 Å². The molecular weight excluding hydrogens is 447 g/mol. The van der Waals surface area contributed by atoms with Crippen LogP contribution in [0.3, 0.4) is 0 Å². The molecule has 0 spiro atoms. The van der Waals surface area contributed by atoms with E-state index in [1.165, 1.54) is 6.07 Å². The Morgan fingerprint density at radius 2 is 1.91 bits per heavy atom. The van der Waals surface area contributed by atoms with Crippen molar-refractivity contribution in [2.24, 2.45) is 7.05 Å². The standard InChI is InChI=1S/C27H31FN4O3/c1-30(2)10-5-11-35-19-8-6-17(7-9-19)21-14-22-24(15-23(21)28)29-16-25-26(22)32(27(33)31(25)3)18-12-20(13-18)34-4/h6-9,14-16,18,20H,5,10-13H2,1-4H3. The Kier molecular flexibility index (Phi) is 6.34. The number of nitrogens with zero attached hydrogens (tertiary/aromatic N) is 4. The van der Waals surface area contributed by atoms with Gasteiger partial charge in [0, 0.05) is 43.8 Å². The molecule has 0 unspecified atom stereocenters. The molecule has 2 aromatic carbocycles. The zero-order chi connectivity index (χ0) is 24.7. The summed E-state index contributed by atoms with van der Waals surface area (Å²) < 4.78 is 29.9. The van der Waals surface area contributed by atoms with E-state index in [4.69, 9.17) is 9.47 Å². The molecule has 0 N–H and O–H groups in total. The molecule has 8 heteroatoms. The van der Waals surface area contributed by atoms with E-state index in [0.29, 0.717) is 17.7 Å². The maximum absolute atomic E-state index is 15.2. The van der Waals surface area contributed by atoms with Gasteiger partial charge >= 0.3 is 5.69 Å². The van der Waals surface area contributed by atoms with Crippen LogP contribution in [0, 0.1) is 5.82 Å². The van der Waals surface area contributed by atoms with Crippen molar-refractivity contribution >= 4 is 21.9 Å². The van der Waals surface area contributed by atoms with Crippen LogP contribution >= 0.6 is 0 Å². The molecule has 1 aliphatic rings. The zero-order valence-electron chi connectivity index (χ0n) is 20.6. The predicted molar refractivity (Wildman–Crippen MR) is 136 cm³/mol. The second-order valence-corrected chi connectivity index (χ2v) is 9.57. The normalized spacial score (nSPS) is 17.9. The Bertz CT molecular complexity index is 1420. The fourth-order valence-electron chi connectivity index (χ4n) is 4.85. The van der Waals surface area contributed by atoms with E-state index in [0.717, 1.165) is 53.5 Å². The van der Waals surface area contributed by atoms with Gasteiger partial charge in [-0.05, 0) is 57.1 Å². The van der Waals surface area contributed by atoms with Crippen LogP contribution in [0.1, 0.15) is 25.3 Å². The van der Waals surface area contributed by atoms with Crippen LogP contribution in [0.4, 0.5) is 4.39 Å². The second kappa shape index (κ2) is 9.43. The molecule has 35 heavy (non-hydrogen) atoms. The Morgan fingerprint density at radius 1 is 1.17 bits per heavy atom. The van der Waals surface area contributed by atoms with Crippen molar-refractivity contribution in [3.8, 4) is 16.9 Å². The van der Waals surface area contributed by atoms with Crippen LogP contribution in [0.25, 0.3) is 33.1 Å². The molecule has 0 aliphatic heterocycles. The number of aryl methyl sites for hydroxylation is 1. The summed E-state index contributed by atoms with van der Waals surface area (Å²) in [5, 5.41) is 0.765. The molecule has 2 aromatic heterocycles. The predicted octanol–water partition coefficient (Wildman–Crippen LogP) is 4.37. The third-order valence-corrected chi connectivity index (χ3v) is 6.96. The van der Waals surface area contributed by atoms with Gasteiger partial charge in [-0.2, -0.15) is 0 Å². The molecule has 2 heterocycles. The monoisotopic (exact) mass is 478 g/mol. The lowest BCUT2D eigenvalue weighted by molar-refractivity contribution is 0.00635. The van der Waals surface area contributed by atoms with Gasteiger partial charge < -0.3 is 14.4 Å². The highest BCUT2D eigenvalue weighted by atomic mass is 19.1. The van der Waals surface area contributed by atoms with Crippen LogP contribution in [-0.2, 0) is 11.8 Å².